The largest absolute Gasteiger partial charge is 0.494 e. The van der Waals surface area contributed by atoms with Gasteiger partial charge in [-0.25, -0.2) is 8.42 Å². The normalized spacial score (nSPS) is 20.5. The molecule has 8 heteroatoms. The van der Waals surface area contributed by atoms with Crippen LogP contribution >= 0.6 is 0 Å². The van der Waals surface area contributed by atoms with E-state index in [1.807, 2.05) is 13.8 Å². The minimum absolute atomic E-state index is 0.0744. The van der Waals surface area contributed by atoms with Crippen LogP contribution in [0, 0.1) is 0 Å². The molecule has 2 N–H and O–H groups in total. The number of nitrogens with one attached hydrogen (secondary N) is 2. The Morgan fingerprint density at radius 1 is 1.27 bits per heavy atom. The second-order valence-corrected chi connectivity index (χ2v) is 8.91. The van der Waals surface area contributed by atoms with Crippen LogP contribution in [-0.4, -0.2) is 63.5 Å². The van der Waals surface area contributed by atoms with Crippen molar-refractivity contribution in [1.82, 2.24) is 9.62 Å². The van der Waals surface area contributed by atoms with Crippen LogP contribution in [0.1, 0.15) is 26.7 Å². The van der Waals surface area contributed by atoms with Gasteiger partial charge in [-0.1, -0.05) is 0 Å². The smallest absolute Gasteiger partial charge is 0.278 e. The fraction of sp³-hybridized carbons (Fsp3) is 0.611. The van der Waals surface area contributed by atoms with Crippen LogP contribution in [0.3, 0.4) is 0 Å². The molecule has 144 valence electrons. The number of amides is 1. The zero-order chi connectivity index (χ0) is 18.7. The Bertz CT molecular complexity index is 723. The molecule has 1 saturated carbocycles. The van der Waals surface area contributed by atoms with E-state index in [4.69, 9.17) is 4.74 Å². The molecule has 0 spiro atoms. The molecule has 1 heterocycles. The van der Waals surface area contributed by atoms with Gasteiger partial charge in [0.1, 0.15) is 5.75 Å². The van der Waals surface area contributed by atoms with E-state index in [2.05, 4.69) is 5.32 Å². The van der Waals surface area contributed by atoms with Gasteiger partial charge in [-0.05, 0) is 51.0 Å². The van der Waals surface area contributed by atoms with Crippen molar-refractivity contribution in [2.75, 3.05) is 32.8 Å². The summed E-state index contributed by atoms with van der Waals surface area (Å²) in [5, 5.41) is 3.03. The second-order valence-electron chi connectivity index (χ2n) is 6.97. The van der Waals surface area contributed by atoms with Crippen molar-refractivity contribution in [3.63, 3.8) is 0 Å². The summed E-state index contributed by atoms with van der Waals surface area (Å²) in [5.74, 6) is 0.738. The monoisotopic (exact) mass is 382 g/mol. The number of rotatable bonds is 7. The van der Waals surface area contributed by atoms with E-state index in [9.17, 15) is 13.2 Å². The number of benzene rings is 1. The van der Waals surface area contributed by atoms with Gasteiger partial charge in [-0.15, -0.1) is 0 Å². The predicted molar refractivity (Wildman–Crippen MR) is 97.7 cm³/mol. The van der Waals surface area contributed by atoms with Gasteiger partial charge in [0, 0.05) is 6.04 Å². The lowest BCUT2D eigenvalue weighted by Crippen LogP contribution is -3.19. The van der Waals surface area contributed by atoms with E-state index in [-0.39, 0.29) is 16.8 Å². The van der Waals surface area contributed by atoms with E-state index in [0.29, 0.717) is 44.6 Å². The summed E-state index contributed by atoms with van der Waals surface area (Å²) in [4.78, 5) is 13.6. The molecule has 1 amide bonds. The predicted octanol–water partition coefficient (Wildman–Crippen LogP) is -0.358. The molecular formula is C18H28N3O4S+. The lowest BCUT2D eigenvalue weighted by Gasteiger charge is -2.34. The molecule has 0 bridgehead atoms. The van der Waals surface area contributed by atoms with E-state index in [0.717, 1.165) is 17.7 Å². The first-order valence-corrected chi connectivity index (χ1v) is 10.7. The van der Waals surface area contributed by atoms with E-state index < -0.39 is 10.0 Å². The first kappa shape index (κ1) is 19.1. The van der Waals surface area contributed by atoms with Gasteiger partial charge in [-0.3, -0.25) is 4.79 Å². The Balaban J connectivity index is 1.58. The first-order chi connectivity index (χ1) is 12.4. The van der Waals surface area contributed by atoms with Gasteiger partial charge in [0.05, 0.1) is 37.7 Å². The number of carbonyl (C=O) groups excluding carboxylic acids is 1. The fourth-order valence-electron chi connectivity index (χ4n) is 3.21. The highest BCUT2D eigenvalue weighted by molar-refractivity contribution is 7.89. The summed E-state index contributed by atoms with van der Waals surface area (Å²) in [5.41, 5.74) is 0. The third-order valence-electron chi connectivity index (χ3n) is 5.07. The summed E-state index contributed by atoms with van der Waals surface area (Å²) in [6, 6.07) is 6.75. The molecule has 1 aliphatic carbocycles. The number of hydrogen-bond donors (Lipinski definition) is 2. The van der Waals surface area contributed by atoms with Gasteiger partial charge in [-0.2, -0.15) is 4.31 Å². The van der Waals surface area contributed by atoms with Gasteiger partial charge in [0.15, 0.2) is 6.04 Å². The zero-order valence-electron chi connectivity index (χ0n) is 15.4. The minimum atomic E-state index is -3.51. The van der Waals surface area contributed by atoms with Gasteiger partial charge >= 0.3 is 0 Å². The lowest BCUT2D eigenvalue weighted by atomic mass is 10.2. The highest BCUT2D eigenvalue weighted by atomic mass is 32.2. The molecule has 0 radical (unpaired) electrons. The average Bonchev–Trinajstić information content (AvgIpc) is 3.46. The van der Waals surface area contributed by atoms with Crippen molar-refractivity contribution in [1.29, 1.82) is 0 Å². The van der Waals surface area contributed by atoms with E-state index >= 15 is 0 Å². The molecule has 26 heavy (non-hydrogen) atoms. The summed E-state index contributed by atoms with van der Waals surface area (Å²) in [6.45, 7) is 6.47. The third kappa shape index (κ3) is 4.36. The SMILES string of the molecule is CCOc1ccc(S(=O)(=O)N2CC[NH+]([C@@H](C)C(=O)NC3CC3)CC2)cc1. The molecule has 1 aromatic carbocycles. The average molecular weight is 383 g/mol. The molecule has 3 rings (SSSR count). The van der Waals surface area contributed by atoms with Crippen molar-refractivity contribution < 1.29 is 22.8 Å². The quantitative estimate of drug-likeness (QED) is 0.675. The molecule has 1 saturated heterocycles. The molecule has 1 aliphatic heterocycles. The second kappa shape index (κ2) is 7.94. The zero-order valence-corrected chi connectivity index (χ0v) is 16.2. The summed E-state index contributed by atoms with van der Waals surface area (Å²) in [7, 11) is -3.51. The van der Waals surface area contributed by atoms with Gasteiger partial charge in [0.25, 0.3) is 5.91 Å². The maximum atomic E-state index is 12.8. The Hall–Kier alpha value is -1.64. The first-order valence-electron chi connectivity index (χ1n) is 9.29. The molecule has 1 aromatic rings. The van der Waals surface area contributed by atoms with Crippen LogP contribution in [0.15, 0.2) is 29.2 Å². The number of nitrogens with zero attached hydrogens (tertiary/aromatic N) is 1. The van der Waals surface area contributed by atoms with Crippen LogP contribution in [0.5, 0.6) is 5.75 Å². The summed E-state index contributed by atoms with van der Waals surface area (Å²) < 4.78 is 32.5. The number of hydrogen-bond acceptors (Lipinski definition) is 4. The van der Waals surface area contributed by atoms with Crippen LogP contribution in [-0.2, 0) is 14.8 Å². The number of ether oxygens (including phenoxy) is 1. The Labute approximate surface area is 155 Å². The maximum absolute atomic E-state index is 12.8. The van der Waals surface area contributed by atoms with Crippen molar-refractivity contribution in [3.8, 4) is 5.75 Å². The highest BCUT2D eigenvalue weighted by Crippen LogP contribution is 2.20. The van der Waals surface area contributed by atoms with Crippen LogP contribution in [0.4, 0.5) is 0 Å². The van der Waals surface area contributed by atoms with Gasteiger partial charge in [0.2, 0.25) is 10.0 Å². The van der Waals surface area contributed by atoms with Crippen LogP contribution in [0.2, 0.25) is 0 Å². The van der Waals surface area contributed by atoms with Crippen LogP contribution in [0.25, 0.3) is 0 Å². The van der Waals surface area contributed by atoms with Crippen molar-refractivity contribution in [2.45, 2.75) is 43.7 Å². The molecular weight excluding hydrogens is 354 g/mol. The standard InChI is InChI=1S/C18H27N3O4S/c1-3-25-16-6-8-17(9-7-16)26(23,24)21-12-10-20(11-13-21)14(2)18(22)19-15-4-5-15/h6-9,14-15H,3-5,10-13H2,1-2H3,(H,19,22)/p+1/t14-/m0/s1. The molecule has 2 fully saturated rings. The highest BCUT2D eigenvalue weighted by Gasteiger charge is 2.35. The van der Waals surface area contributed by atoms with Gasteiger partial charge < -0.3 is 15.0 Å². The lowest BCUT2D eigenvalue weighted by molar-refractivity contribution is -0.917. The summed E-state index contributed by atoms with van der Waals surface area (Å²) >= 11 is 0. The van der Waals surface area contributed by atoms with Crippen molar-refractivity contribution in [3.05, 3.63) is 24.3 Å². The van der Waals surface area contributed by atoms with E-state index in [1.54, 1.807) is 24.3 Å². The molecule has 0 aromatic heterocycles. The number of carbonyl (C=O) groups is 1. The minimum Gasteiger partial charge on any atom is -0.494 e. The Kier molecular flexibility index (Phi) is 5.84. The number of piperazine rings is 1. The van der Waals surface area contributed by atoms with Crippen molar-refractivity contribution >= 4 is 15.9 Å². The van der Waals surface area contributed by atoms with E-state index in [1.165, 1.54) is 4.31 Å². The topological polar surface area (TPSA) is 80.2 Å². The maximum Gasteiger partial charge on any atom is 0.278 e. The third-order valence-corrected chi connectivity index (χ3v) is 6.98. The number of sulfonamides is 1. The molecule has 1 atom stereocenters. The van der Waals surface area contributed by atoms with Crippen molar-refractivity contribution in [2.24, 2.45) is 0 Å². The van der Waals surface area contributed by atoms with Crippen LogP contribution < -0.4 is 15.0 Å². The molecule has 2 aliphatic rings. The summed E-state index contributed by atoms with van der Waals surface area (Å²) in [6.07, 6.45) is 2.14. The fourth-order valence-corrected chi connectivity index (χ4v) is 4.65. The Morgan fingerprint density at radius 2 is 1.88 bits per heavy atom. The molecule has 7 nitrogen and oxygen atoms in total. The Morgan fingerprint density at radius 3 is 2.42 bits per heavy atom. The molecule has 0 unspecified atom stereocenters. The number of quaternary nitrogens is 1.